The van der Waals surface area contributed by atoms with Crippen LogP contribution in [-0.4, -0.2) is 27.7 Å². The van der Waals surface area contributed by atoms with Crippen molar-refractivity contribution >= 4 is 0 Å². The minimum atomic E-state index is 0.126. The van der Waals surface area contributed by atoms with Gasteiger partial charge >= 0.3 is 0 Å². The van der Waals surface area contributed by atoms with Crippen LogP contribution >= 0.6 is 0 Å². The minimum Gasteiger partial charge on any atom is -0.395 e. The van der Waals surface area contributed by atoms with Gasteiger partial charge in [0.05, 0.1) is 12.3 Å². The SMILES string of the molecule is CC[C@@H](CO)NC(C)c1cnccn1. The number of aromatic nitrogens is 2. The number of nitrogens with zero attached hydrogens (tertiary/aromatic N) is 2. The fourth-order valence-electron chi connectivity index (χ4n) is 1.27. The highest BCUT2D eigenvalue weighted by Crippen LogP contribution is 2.08. The van der Waals surface area contributed by atoms with Crippen molar-refractivity contribution in [1.29, 1.82) is 0 Å². The van der Waals surface area contributed by atoms with Gasteiger partial charge in [0.2, 0.25) is 0 Å². The third-order valence-corrected chi connectivity index (χ3v) is 2.23. The largest absolute Gasteiger partial charge is 0.395 e. The zero-order valence-corrected chi connectivity index (χ0v) is 8.64. The Hall–Kier alpha value is -1.00. The molecule has 0 radical (unpaired) electrons. The first-order valence-electron chi connectivity index (χ1n) is 4.90. The molecule has 1 aromatic rings. The average molecular weight is 195 g/mol. The van der Waals surface area contributed by atoms with Crippen LogP contribution in [0, 0.1) is 0 Å². The van der Waals surface area contributed by atoms with Crippen molar-refractivity contribution in [3.63, 3.8) is 0 Å². The Balaban J connectivity index is 2.54. The lowest BCUT2D eigenvalue weighted by Crippen LogP contribution is -2.34. The van der Waals surface area contributed by atoms with Gasteiger partial charge in [-0.05, 0) is 13.3 Å². The molecule has 1 aromatic heterocycles. The first-order valence-corrected chi connectivity index (χ1v) is 4.90. The van der Waals surface area contributed by atoms with Crippen LogP contribution in [0.5, 0.6) is 0 Å². The fourth-order valence-corrected chi connectivity index (χ4v) is 1.27. The third kappa shape index (κ3) is 3.05. The highest BCUT2D eigenvalue weighted by molar-refractivity contribution is 5.00. The van der Waals surface area contributed by atoms with Gasteiger partial charge in [-0.15, -0.1) is 0 Å². The summed E-state index contributed by atoms with van der Waals surface area (Å²) in [5.74, 6) is 0. The Morgan fingerprint density at radius 1 is 1.50 bits per heavy atom. The second-order valence-electron chi connectivity index (χ2n) is 3.31. The zero-order valence-electron chi connectivity index (χ0n) is 8.64. The van der Waals surface area contributed by atoms with E-state index in [0.717, 1.165) is 12.1 Å². The van der Waals surface area contributed by atoms with Gasteiger partial charge in [-0.3, -0.25) is 9.97 Å². The standard InChI is InChI=1S/C10H17N3O/c1-3-9(7-14)13-8(2)10-6-11-4-5-12-10/h4-6,8-9,13-14H,3,7H2,1-2H3/t8?,9-/m0/s1. The lowest BCUT2D eigenvalue weighted by atomic mass is 10.2. The molecule has 2 atom stereocenters. The van der Waals surface area contributed by atoms with E-state index in [1.54, 1.807) is 18.6 Å². The quantitative estimate of drug-likeness (QED) is 0.733. The molecule has 78 valence electrons. The minimum absolute atomic E-state index is 0.126. The summed E-state index contributed by atoms with van der Waals surface area (Å²) in [5.41, 5.74) is 0.902. The Morgan fingerprint density at radius 2 is 2.29 bits per heavy atom. The topological polar surface area (TPSA) is 58.0 Å². The van der Waals surface area contributed by atoms with Gasteiger partial charge in [0.15, 0.2) is 0 Å². The van der Waals surface area contributed by atoms with E-state index in [1.807, 2.05) is 13.8 Å². The number of hydrogen-bond acceptors (Lipinski definition) is 4. The molecule has 2 N–H and O–H groups in total. The third-order valence-electron chi connectivity index (χ3n) is 2.23. The highest BCUT2D eigenvalue weighted by Gasteiger charge is 2.11. The van der Waals surface area contributed by atoms with Gasteiger partial charge < -0.3 is 10.4 Å². The lowest BCUT2D eigenvalue weighted by Gasteiger charge is -2.19. The molecule has 0 bridgehead atoms. The van der Waals surface area contributed by atoms with Gasteiger partial charge in [0, 0.05) is 30.7 Å². The molecule has 0 aromatic carbocycles. The fraction of sp³-hybridized carbons (Fsp3) is 0.600. The van der Waals surface area contributed by atoms with Crippen molar-refractivity contribution in [1.82, 2.24) is 15.3 Å². The molecule has 1 unspecified atom stereocenters. The predicted octanol–water partition coefficient (Wildman–Crippen LogP) is 0.898. The number of nitrogens with one attached hydrogen (secondary N) is 1. The summed E-state index contributed by atoms with van der Waals surface area (Å²) in [7, 11) is 0. The van der Waals surface area contributed by atoms with E-state index in [-0.39, 0.29) is 18.7 Å². The molecule has 0 spiro atoms. The Morgan fingerprint density at radius 3 is 2.79 bits per heavy atom. The summed E-state index contributed by atoms with van der Waals surface area (Å²) in [6.45, 7) is 4.21. The number of aliphatic hydroxyl groups excluding tert-OH is 1. The maximum absolute atomic E-state index is 9.02. The maximum atomic E-state index is 9.02. The molecule has 0 saturated heterocycles. The number of aliphatic hydroxyl groups is 1. The van der Waals surface area contributed by atoms with E-state index in [0.29, 0.717) is 0 Å². The average Bonchev–Trinajstić information content (AvgIpc) is 2.26. The second kappa shape index (κ2) is 5.67. The van der Waals surface area contributed by atoms with E-state index < -0.39 is 0 Å². The van der Waals surface area contributed by atoms with Crippen LogP contribution < -0.4 is 5.32 Å². The molecule has 0 aliphatic heterocycles. The van der Waals surface area contributed by atoms with E-state index in [1.165, 1.54) is 0 Å². The smallest absolute Gasteiger partial charge is 0.0753 e. The van der Waals surface area contributed by atoms with Crippen molar-refractivity contribution in [2.45, 2.75) is 32.4 Å². The first-order chi connectivity index (χ1) is 6.77. The van der Waals surface area contributed by atoms with Gasteiger partial charge in [0.25, 0.3) is 0 Å². The summed E-state index contributed by atoms with van der Waals surface area (Å²) in [6, 6.07) is 0.257. The van der Waals surface area contributed by atoms with Crippen LogP contribution in [0.25, 0.3) is 0 Å². The molecule has 0 fully saturated rings. The highest BCUT2D eigenvalue weighted by atomic mass is 16.3. The molecular weight excluding hydrogens is 178 g/mol. The molecule has 1 rings (SSSR count). The van der Waals surface area contributed by atoms with Crippen LogP contribution in [-0.2, 0) is 0 Å². The summed E-state index contributed by atoms with van der Waals surface area (Å²) in [4.78, 5) is 8.19. The molecule has 4 heteroatoms. The molecule has 0 aliphatic rings. The molecule has 0 aliphatic carbocycles. The second-order valence-corrected chi connectivity index (χ2v) is 3.31. The maximum Gasteiger partial charge on any atom is 0.0753 e. The van der Waals surface area contributed by atoms with Crippen LogP contribution in [0.1, 0.15) is 32.0 Å². The summed E-state index contributed by atoms with van der Waals surface area (Å²) in [6.07, 6.45) is 5.97. The van der Waals surface area contributed by atoms with Crippen molar-refractivity contribution in [2.24, 2.45) is 0 Å². The van der Waals surface area contributed by atoms with E-state index >= 15 is 0 Å². The van der Waals surface area contributed by atoms with Crippen LogP contribution in [0.4, 0.5) is 0 Å². The molecule has 1 heterocycles. The zero-order chi connectivity index (χ0) is 10.4. The number of rotatable bonds is 5. The Kier molecular flexibility index (Phi) is 4.49. The van der Waals surface area contributed by atoms with Crippen molar-refractivity contribution in [3.8, 4) is 0 Å². The summed E-state index contributed by atoms with van der Waals surface area (Å²) < 4.78 is 0. The van der Waals surface area contributed by atoms with E-state index in [9.17, 15) is 0 Å². The summed E-state index contributed by atoms with van der Waals surface area (Å²) >= 11 is 0. The Bertz CT molecular complexity index is 249. The van der Waals surface area contributed by atoms with Gasteiger partial charge in [-0.1, -0.05) is 6.92 Å². The van der Waals surface area contributed by atoms with Gasteiger partial charge in [-0.25, -0.2) is 0 Å². The van der Waals surface area contributed by atoms with E-state index in [4.69, 9.17) is 5.11 Å². The van der Waals surface area contributed by atoms with Crippen LogP contribution in [0.2, 0.25) is 0 Å². The Labute approximate surface area is 84.4 Å². The van der Waals surface area contributed by atoms with Crippen LogP contribution in [0.15, 0.2) is 18.6 Å². The van der Waals surface area contributed by atoms with Crippen LogP contribution in [0.3, 0.4) is 0 Å². The molecule has 0 saturated carbocycles. The van der Waals surface area contributed by atoms with Gasteiger partial charge in [-0.2, -0.15) is 0 Å². The lowest BCUT2D eigenvalue weighted by molar-refractivity contribution is 0.229. The summed E-state index contributed by atoms with van der Waals surface area (Å²) in [5, 5.41) is 12.3. The number of hydrogen-bond donors (Lipinski definition) is 2. The molecule has 0 amide bonds. The van der Waals surface area contributed by atoms with Crippen molar-refractivity contribution in [2.75, 3.05) is 6.61 Å². The van der Waals surface area contributed by atoms with E-state index in [2.05, 4.69) is 15.3 Å². The monoisotopic (exact) mass is 195 g/mol. The molecule has 14 heavy (non-hydrogen) atoms. The normalized spacial score (nSPS) is 15.1. The molecule has 4 nitrogen and oxygen atoms in total. The first kappa shape index (κ1) is 11.1. The molecular formula is C10H17N3O. The van der Waals surface area contributed by atoms with Gasteiger partial charge in [0.1, 0.15) is 0 Å². The van der Waals surface area contributed by atoms with Crippen molar-refractivity contribution in [3.05, 3.63) is 24.3 Å². The predicted molar refractivity (Wildman–Crippen MR) is 54.7 cm³/mol. The van der Waals surface area contributed by atoms with Crippen molar-refractivity contribution < 1.29 is 5.11 Å².